The highest BCUT2D eigenvalue weighted by molar-refractivity contribution is 5.67. The van der Waals surface area contributed by atoms with E-state index in [1.165, 1.54) is 11.1 Å². The number of halogens is 1. The van der Waals surface area contributed by atoms with E-state index < -0.39 is 0 Å². The number of nitrogens with zero attached hydrogens (tertiary/aromatic N) is 1. The number of hydrogen-bond donors (Lipinski definition) is 0. The van der Waals surface area contributed by atoms with Crippen LogP contribution in [0.3, 0.4) is 0 Å². The SMILES string of the molecule is CCOC(=O)C[n+]1cccc(C(c2ccccc2)c2ccccc2)c1.[Br-]. The van der Waals surface area contributed by atoms with Gasteiger partial charge in [-0.15, -0.1) is 0 Å². The molecule has 0 aliphatic heterocycles. The molecule has 1 aromatic heterocycles. The summed E-state index contributed by atoms with van der Waals surface area (Å²) < 4.78 is 6.94. The Morgan fingerprint density at radius 2 is 1.42 bits per heavy atom. The summed E-state index contributed by atoms with van der Waals surface area (Å²) in [7, 11) is 0. The van der Waals surface area contributed by atoms with E-state index in [4.69, 9.17) is 4.74 Å². The molecule has 0 atom stereocenters. The molecule has 4 heteroatoms. The Morgan fingerprint density at radius 3 is 1.96 bits per heavy atom. The highest BCUT2D eigenvalue weighted by Crippen LogP contribution is 2.30. The molecule has 0 fully saturated rings. The van der Waals surface area contributed by atoms with E-state index in [1.807, 2.05) is 42.1 Å². The summed E-state index contributed by atoms with van der Waals surface area (Å²) in [5.41, 5.74) is 3.59. The average molecular weight is 412 g/mol. The Morgan fingerprint density at radius 1 is 0.885 bits per heavy atom. The highest BCUT2D eigenvalue weighted by Gasteiger charge is 2.20. The van der Waals surface area contributed by atoms with Crippen LogP contribution >= 0.6 is 0 Å². The molecule has 0 N–H and O–H groups in total. The van der Waals surface area contributed by atoms with Gasteiger partial charge in [0.05, 0.1) is 6.61 Å². The third-order valence-corrected chi connectivity index (χ3v) is 4.10. The minimum atomic E-state index is -0.222. The summed E-state index contributed by atoms with van der Waals surface area (Å²) in [6.45, 7) is 2.44. The zero-order valence-corrected chi connectivity index (χ0v) is 16.3. The lowest BCUT2D eigenvalue weighted by atomic mass is 9.86. The molecule has 2 aromatic carbocycles. The molecule has 0 unspecified atom stereocenters. The summed E-state index contributed by atoms with van der Waals surface area (Å²) in [4.78, 5) is 11.8. The molecule has 0 spiro atoms. The summed E-state index contributed by atoms with van der Waals surface area (Å²) in [6.07, 6.45) is 3.93. The fourth-order valence-corrected chi connectivity index (χ4v) is 3.04. The van der Waals surface area contributed by atoms with Crippen molar-refractivity contribution in [3.63, 3.8) is 0 Å². The van der Waals surface area contributed by atoms with Gasteiger partial charge in [-0.05, 0) is 24.1 Å². The molecular weight excluding hydrogens is 390 g/mol. The second-order valence-electron chi connectivity index (χ2n) is 5.87. The Kier molecular flexibility index (Phi) is 7.54. The maximum absolute atomic E-state index is 11.8. The fourth-order valence-electron chi connectivity index (χ4n) is 3.04. The molecule has 0 saturated carbocycles. The molecule has 0 saturated heterocycles. The van der Waals surface area contributed by atoms with Crippen LogP contribution in [-0.4, -0.2) is 12.6 Å². The normalized spacial score (nSPS) is 10.2. The van der Waals surface area contributed by atoms with Crippen molar-refractivity contribution in [1.29, 1.82) is 0 Å². The highest BCUT2D eigenvalue weighted by atomic mass is 79.9. The lowest BCUT2D eigenvalue weighted by Gasteiger charge is -2.17. The Labute approximate surface area is 165 Å². The van der Waals surface area contributed by atoms with Gasteiger partial charge in [-0.2, -0.15) is 4.57 Å². The number of hydrogen-bond acceptors (Lipinski definition) is 2. The average Bonchev–Trinajstić information content (AvgIpc) is 2.64. The van der Waals surface area contributed by atoms with E-state index >= 15 is 0 Å². The molecule has 3 rings (SSSR count). The smallest absolute Gasteiger partial charge is 0.372 e. The molecule has 0 radical (unpaired) electrons. The number of pyridine rings is 1. The van der Waals surface area contributed by atoms with Crippen LogP contribution in [0.2, 0.25) is 0 Å². The summed E-state index contributed by atoms with van der Waals surface area (Å²) in [5, 5.41) is 0. The monoisotopic (exact) mass is 411 g/mol. The van der Waals surface area contributed by atoms with E-state index in [2.05, 4.69) is 54.6 Å². The molecule has 3 nitrogen and oxygen atoms in total. The second-order valence-corrected chi connectivity index (χ2v) is 5.87. The van der Waals surface area contributed by atoms with Crippen molar-refractivity contribution in [2.75, 3.05) is 6.61 Å². The third-order valence-electron chi connectivity index (χ3n) is 4.10. The Hall–Kier alpha value is -2.46. The largest absolute Gasteiger partial charge is 1.00 e. The lowest BCUT2D eigenvalue weighted by molar-refractivity contribution is -0.686. The molecule has 0 bridgehead atoms. The summed E-state index contributed by atoms with van der Waals surface area (Å²) in [5.74, 6) is -0.0994. The van der Waals surface area contributed by atoms with Crippen LogP contribution in [-0.2, 0) is 16.1 Å². The van der Waals surface area contributed by atoms with Crippen LogP contribution in [0.1, 0.15) is 29.5 Å². The molecule has 26 heavy (non-hydrogen) atoms. The molecule has 0 amide bonds. The van der Waals surface area contributed by atoms with Gasteiger partial charge in [0.15, 0.2) is 12.4 Å². The van der Waals surface area contributed by atoms with Crippen LogP contribution in [0, 0.1) is 0 Å². The van der Waals surface area contributed by atoms with Gasteiger partial charge in [-0.1, -0.05) is 60.7 Å². The van der Waals surface area contributed by atoms with Crippen LogP contribution in [0.25, 0.3) is 0 Å². The predicted molar refractivity (Wildman–Crippen MR) is 97.1 cm³/mol. The first kappa shape index (κ1) is 19.9. The zero-order chi connectivity index (χ0) is 17.5. The Balaban J connectivity index is 0.00000243. The molecule has 0 aliphatic rings. The van der Waals surface area contributed by atoms with Crippen molar-refractivity contribution in [3.8, 4) is 0 Å². The van der Waals surface area contributed by atoms with Crippen molar-refractivity contribution in [1.82, 2.24) is 0 Å². The van der Waals surface area contributed by atoms with Crippen molar-refractivity contribution in [2.24, 2.45) is 0 Å². The maximum Gasteiger partial charge on any atom is 0.372 e. The minimum Gasteiger partial charge on any atom is -1.00 e. The topological polar surface area (TPSA) is 30.2 Å². The zero-order valence-electron chi connectivity index (χ0n) is 14.7. The predicted octanol–water partition coefficient (Wildman–Crippen LogP) is 0.721. The van der Waals surface area contributed by atoms with Crippen LogP contribution < -0.4 is 21.5 Å². The van der Waals surface area contributed by atoms with Gasteiger partial charge in [0.2, 0.25) is 6.54 Å². The number of carbonyl (C=O) groups is 1. The summed E-state index contributed by atoms with van der Waals surface area (Å²) in [6, 6.07) is 24.9. The number of ether oxygens (including phenoxy) is 1. The van der Waals surface area contributed by atoms with Crippen LogP contribution in [0.15, 0.2) is 85.2 Å². The van der Waals surface area contributed by atoms with Gasteiger partial charge in [-0.25, -0.2) is 4.79 Å². The van der Waals surface area contributed by atoms with Gasteiger partial charge in [0.25, 0.3) is 0 Å². The third kappa shape index (κ3) is 5.02. The van der Waals surface area contributed by atoms with E-state index in [9.17, 15) is 4.79 Å². The fraction of sp³-hybridized carbons (Fsp3) is 0.182. The van der Waals surface area contributed by atoms with Crippen molar-refractivity contribution < 1.29 is 31.1 Å². The van der Waals surface area contributed by atoms with Crippen molar-refractivity contribution >= 4 is 5.97 Å². The molecular formula is C22H22BrNO2. The number of aromatic nitrogens is 1. The van der Waals surface area contributed by atoms with Gasteiger partial charge in [-0.3, -0.25) is 0 Å². The van der Waals surface area contributed by atoms with Gasteiger partial charge < -0.3 is 21.7 Å². The van der Waals surface area contributed by atoms with E-state index in [1.54, 1.807) is 0 Å². The minimum absolute atomic E-state index is 0. The Bertz CT molecular complexity index is 782. The van der Waals surface area contributed by atoms with Crippen LogP contribution in [0.5, 0.6) is 0 Å². The number of benzene rings is 2. The molecule has 0 aliphatic carbocycles. The van der Waals surface area contributed by atoms with Gasteiger partial charge >= 0.3 is 5.97 Å². The first-order valence-electron chi connectivity index (χ1n) is 8.52. The number of carbonyl (C=O) groups excluding carboxylic acids is 1. The van der Waals surface area contributed by atoms with Crippen molar-refractivity contribution in [3.05, 3.63) is 102 Å². The van der Waals surface area contributed by atoms with Gasteiger partial charge in [0, 0.05) is 17.5 Å². The lowest BCUT2D eigenvalue weighted by Crippen LogP contribution is -3.00. The van der Waals surface area contributed by atoms with Gasteiger partial charge in [0.1, 0.15) is 0 Å². The molecule has 3 aromatic rings. The first-order chi connectivity index (χ1) is 12.3. The first-order valence-corrected chi connectivity index (χ1v) is 8.52. The molecule has 1 heterocycles. The molecule has 134 valence electrons. The quantitative estimate of drug-likeness (QED) is 0.441. The van der Waals surface area contributed by atoms with Crippen molar-refractivity contribution in [2.45, 2.75) is 19.4 Å². The second kappa shape index (κ2) is 9.88. The van der Waals surface area contributed by atoms with E-state index in [0.29, 0.717) is 6.61 Å². The summed E-state index contributed by atoms with van der Waals surface area (Å²) >= 11 is 0. The number of esters is 1. The number of rotatable bonds is 6. The van der Waals surface area contributed by atoms with E-state index in [-0.39, 0.29) is 35.4 Å². The maximum atomic E-state index is 11.8. The van der Waals surface area contributed by atoms with Crippen LogP contribution in [0.4, 0.5) is 0 Å². The van der Waals surface area contributed by atoms with E-state index in [0.717, 1.165) is 5.56 Å². The standard InChI is InChI=1S/C22H22NO2.BrH/c1-2-25-21(24)17-23-15-9-14-20(16-23)22(18-10-5-3-6-11-18)19-12-7-4-8-13-19;/h3-16,22H,2,17H2,1H3;1H/q+1;/p-1.